The molecule has 0 spiro atoms. The molecule has 0 bridgehead atoms. The topological polar surface area (TPSA) is 63.3 Å². The van der Waals surface area contributed by atoms with Gasteiger partial charge in [-0.3, -0.25) is 4.79 Å². The van der Waals surface area contributed by atoms with Crippen LogP contribution in [-0.2, 0) is 4.79 Å². The van der Waals surface area contributed by atoms with Crippen molar-refractivity contribution in [2.75, 3.05) is 6.54 Å². The van der Waals surface area contributed by atoms with Gasteiger partial charge in [0.15, 0.2) is 0 Å². The summed E-state index contributed by atoms with van der Waals surface area (Å²) in [6.45, 7) is 2.35. The van der Waals surface area contributed by atoms with E-state index < -0.39 is 5.97 Å². The van der Waals surface area contributed by atoms with Gasteiger partial charge in [0, 0.05) is 6.54 Å². The van der Waals surface area contributed by atoms with Gasteiger partial charge in [0.25, 0.3) is 0 Å². The standard InChI is InChI=1S/C7H13NO2/c1-4-2-5(4)6(3-8)7(9)10/h4-6H,2-3,8H2,1H3,(H,9,10). The summed E-state index contributed by atoms with van der Waals surface area (Å²) >= 11 is 0. The van der Waals surface area contributed by atoms with Crippen molar-refractivity contribution in [1.29, 1.82) is 0 Å². The molecule has 3 N–H and O–H groups in total. The van der Waals surface area contributed by atoms with Crippen molar-refractivity contribution in [3.63, 3.8) is 0 Å². The predicted octanol–water partition coefficient (Wildman–Crippen LogP) is 0.302. The molecule has 10 heavy (non-hydrogen) atoms. The summed E-state index contributed by atoms with van der Waals surface area (Å²) < 4.78 is 0. The summed E-state index contributed by atoms with van der Waals surface area (Å²) in [5.74, 6) is -0.112. The second-order valence-corrected chi connectivity index (χ2v) is 3.06. The zero-order valence-electron chi connectivity index (χ0n) is 6.08. The van der Waals surface area contributed by atoms with Gasteiger partial charge >= 0.3 is 5.97 Å². The van der Waals surface area contributed by atoms with Gasteiger partial charge < -0.3 is 10.8 Å². The zero-order chi connectivity index (χ0) is 7.72. The molecule has 1 fully saturated rings. The van der Waals surface area contributed by atoms with Crippen LogP contribution in [0.4, 0.5) is 0 Å². The maximum Gasteiger partial charge on any atom is 0.308 e. The third kappa shape index (κ3) is 1.29. The van der Waals surface area contributed by atoms with Gasteiger partial charge in [0.2, 0.25) is 0 Å². The first kappa shape index (κ1) is 7.54. The van der Waals surface area contributed by atoms with Crippen LogP contribution in [0.5, 0.6) is 0 Å². The number of carboxylic acid groups (broad SMARTS) is 1. The molecule has 3 unspecified atom stereocenters. The summed E-state index contributed by atoms with van der Waals surface area (Å²) in [6, 6.07) is 0. The second kappa shape index (κ2) is 2.58. The lowest BCUT2D eigenvalue weighted by Crippen LogP contribution is -2.25. The molecule has 0 amide bonds. The van der Waals surface area contributed by atoms with Crippen molar-refractivity contribution in [2.24, 2.45) is 23.5 Å². The fourth-order valence-electron chi connectivity index (χ4n) is 1.37. The number of carbonyl (C=O) groups is 1. The molecule has 3 nitrogen and oxygen atoms in total. The minimum absolute atomic E-state index is 0.282. The minimum atomic E-state index is -0.739. The van der Waals surface area contributed by atoms with Crippen molar-refractivity contribution >= 4 is 5.97 Å². The van der Waals surface area contributed by atoms with E-state index in [2.05, 4.69) is 6.92 Å². The van der Waals surface area contributed by atoms with Gasteiger partial charge in [-0.05, 0) is 18.3 Å². The molecular formula is C7H13NO2. The van der Waals surface area contributed by atoms with Gasteiger partial charge in [-0.15, -0.1) is 0 Å². The lowest BCUT2D eigenvalue weighted by atomic mass is 10.0. The molecule has 0 aromatic heterocycles. The minimum Gasteiger partial charge on any atom is -0.481 e. The highest BCUT2D eigenvalue weighted by Gasteiger charge is 2.42. The number of aliphatic carboxylic acids is 1. The largest absolute Gasteiger partial charge is 0.481 e. The van der Waals surface area contributed by atoms with Crippen LogP contribution in [0, 0.1) is 17.8 Å². The Kier molecular flexibility index (Phi) is 1.94. The van der Waals surface area contributed by atoms with Crippen molar-refractivity contribution in [3.8, 4) is 0 Å². The third-order valence-corrected chi connectivity index (χ3v) is 2.26. The quantitative estimate of drug-likeness (QED) is 0.597. The van der Waals surface area contributed by atoms with E-state index >= 15 is 0 Å². The average Bonchev–Trinajstić information content (AvgIpc) is 2.48. The van der Waals surface area contributed by atoms with Crippen LogP contribution < -0.4 is 5.73 Å². The molecule has 1 aliphatic rings. The van der Waals surface area contributed by atoms with Crippen molar-refractivity contribution in [1.82, 2.24) is 0 Å². The number of hydrogen-bond acceptors (Lipinski definition) is 2. The zero-order valence-corrected chi connectivity index (χ0v) is 6.08. The first-order valence-corrected chi connectivity index (χ1v) is 3.59. The molecule has 1 aliphatic carbocycles. The van der Waals surface area contributed by atoms with E-state index in [-0.39, 0.29) is 12.5 Å². The molecule has 3 atom stereocenters. The Balaban J connectivity index is 2.42. The summed E-state index contributed by atoms with van der Waals surface area (Å²) in [6.07, 6.45) is 1.04. The van der Waals surface area contributed by atoms with Crippen LogP contribution in [0.2, 0.25) is 0 Å². The van der Waals surface area contributed by atoms with Crippen molar-refractivity contribution < 1.29 is 9.90 Å². The number of hydrogen-bond donors (Lipinski definition) is 2. The molecule has 0 aromatic carbocycles. The van der Waals surface area contributed by atoms with Crippen LogP contribution in [0.15, 0.2) is 0 Å². The van der Waals surface area contributed by atoms with Crippen LogP contribution >= 0.6 is 0 Å². The van der Waals surface area contributed by atoms with E-state index in [0.29, 0.717) is 11.8 Å². The lowest BCUT2D eigenvalue weighted by Gasteiger charge is -2.06. The Labute approximate surface area is 60.2 Å². The van der Waals surface area contributed by atoms with E-state index in [1.807, 2.05) is 0 Å². The number of carboxylic acids is 1. The maximum atomic E-state index is 10.5. The monoisotopic (exact) mass is 143 g/mol. The number of nitrogens with two attached hydrogens (primary N) is 1. The van der Waals surface area contributed by atoms with Gasteiger partial charge in [0.1, 0.15) is 0 Å². The predicted molar refractivity (Wildman–Crippen MR) is 37.5 cm³/mol. The van der Waals surface area contributed by atoms with Crippen LogP contribution in [0.25, 0.3) is 0 Å². The Morgan fingerprint density at radius 3 is 2.50 bits per heavy atom. The van der Waals surface area contributed by atoms with Crippen molar-refractivity contribution in [3.05, 3.63) is 0 Å². The van der Waals surface area contributed by atoms with Gasteiger partial charge in [-0.25, -0.2) is 0 Å². The Bertz CT molecular complexity index is 147. The highest BCUT2D eigenvalue weighted by Crippen LogP contribution is 2.43. The second-order valence-electron chi connectivity index (χ2n) is 3.06. The first-order chi connectivity index (χ1) is 4.66. The first-order valence-electron chi connectivity index (χ1n) is 3.59. The van der Waals surface area contributed by atoms with E-state index in [4.69, 9.17) is 10.8 Å². The lowest BCUT2D eigenvalue weighted by molar-refractivity contribution is -0.142. The molecule has 0 radical (unpaired) electrons. The van der Waals surface area contributed by atoms with E-state index in [1.165, 1.54) is 0 Å². The Hall–Kier alpha value is -0.570. The van der Waals surface area contributed by atoms with E-state index in [9.17, 15) is 4.79 Å². The Morgan fingerprint density at radius 1 is 1.90 bits per heavy atom. The summed E-state index contributed by atoms with van der Waals surface area (Å²) in [7, 11) is 0. The molecule has 0 aliphatic heterocycles. The highest BCUT2D eigenvalue weighted by molar-refractivity contribution is 5.71. The maximum absolute atomic E-state index is 10.5. The molecule has 1 rings (SSSR count). The van der Waals surface area contributed by atoms with E-state index in [1.54, 1.807) is 0 Å². The fraction of sp³-hybridized carbons (Fsp3) is 0.857. The van der Waals surface area contributed by atoms with E-state index in [0.717, 1.165) is 6.42 Å². The third-order valence-electron chi connectivity index (χ3n) is 2.26. The van der Waals surface area contributed by atoms with Crippen LogP contribution in [-0.4, -0.2) is 17.6 Å². The smallest absolute Gasteiger partial charge is 0.308 e. The highest BCUT2D eigenvalue weighted by atomic mass is 16.4. The van der Waals surface area contributed by atoms with Crippen molar-refractivity contribution in [2.45, 2.75) is 13.3 Å². The van der Waals surface area contributed by atoms with Gasteiger partial charge in [-0.1, -0.05) is 6.92 Å². The Morgan fingerprint density at radius 2 is 2.40 bits per heavy atom. The SMILES string of the molecule is CC1CC1C(CN)C(=O)O. The average molecular weight is 143 g/mol. The van der Waals surface area contributed by atoms with Gasteiger partial charge in [-0.2, -0.15) is 0 Å². The molecule has 1 saturated carbocycles. The summed E-state index contributed by atoms with van der Waals surface area (Å²) in [4.78, 5) is 10.5. The normalized spacial score (nSPS) is 33.4. The molecule has 58 valence electrons. The summed E-state index contributed by atoms with van der Waals surface area (Å²) in [5.41, 5.74) is 5.30. The molecule has 0 saturated heterocycles. The fourth-order valence-corrected chi connectivity index (χ4v) is 1.37. The van der Waals surface area contributed by atoms with Crippen LogP contribution in [0.1, 0.15) is 13.3 Å². The number of rotatable bonds is 3. The summed E-state index contributed by atoms with van der Waals surface area (Å²) in [5, 5.41) is 8.62. The molecule has 0 heterocycles. The molecular weight excluding hydrogens is 130 g/mol. The van der Waals surface area contributed by atoms with Gasteiger partial charge in [0.05, 0.1) is 5.92 Å². The van der Waals surface area contributed by atoms with Crippen LogP contribution in [0.3, 0.4) is 0 Å². The molecule has 0 aromatic rings. The molecule has 3 heteroatoms.